The van der Waals surface area contributed by atoms with Crippen molar-refractivity contribution >= 4 is 56.2 Å². The highest BCUT2D eigenvalue weighted by molar-refractivity contribution is 7.92. The third-order valence-electron chi connectivity index (χ3n) is 4.45. The molecule has 0 aliphatic carbocycles. The van der Waals surface area contributed by atoms with Crippen LogP contribution in [0.5, 0.6) is 0 Å². The molecule has 0 aliphatic heterocycles. The van der Waals surface area contributed by atoms with E-state index >= 15 is 0 Å². The Morgan fingerprint density at radius 3 is 2.34 bits per heavy atom. The first-order chi connectivity index (χ1) is 15.0. The van der Waals surface area contributed by atoms with Gasteiger partial charge in [-0.05, 0) is 42.0 Å². The summed E-state index contributed by atoms with van der Waals surface area (Å²) in [5.74, 6) is -0.520. The Morgan fingerprint density at radius 1 is 1.06 bits per heavy atom. The van der Waals surface area contributed by atoms with E-state index in [9.17, 15) is 23.3 Å². The third-order valence-corrected chi connectivity index (χ3v) is 6.15. The third kappa shape index (κ3) is 5.76. The molecule has 3 aromatic carbocycles. The lowest BCUT2D eigenvalue weighted by molar-refractivity contribution is -0.384. The number of hydrogen-bond acceptors (Lipinski definition) is 5. The lowest BCUT2D eigenvalue weighted by Gasteiger charge is -2.22. The van der Waals surface area contributed by atoms with Gasteiger partial charge in [0.2, 0.25) is 10.0 Å². The van der Waals surface area contributed by atoms with E-state index in [0.29, 0.717) is 16.3 Å². The van der Waals surface area contributed by atoms with Crippen molar-refractivity contribution in [3.63, 3.8) is 0 Å². The van der Waals surface area contributed by atoms with Gasteiger partial charge in [-0.1, -0.05) is 41.4 Å². The van der Waals surface area contributed by atoms with Crippen molar-refractivity contribution in [1.82, 2.24) is 0 Å². The van der Waals surface area contributed by atoms with Crippen LogP contribution in [0.15, 0.2) is 66.7 Å². The predicted octanol–water partition coefficient (Wildman–Crippen LogP) is 5.12. The lowest BCUT2D eigenvalue weighted by atomic mass is 10.1. The van der Waals surface area contributed by atoms with Crippen LogP contribution in [0.3, 0.4) is 0 Å². The van der Waals surface area contributed by atoms with E-state index in [4.69, 9.17) is 23.2 Å². The standard InChI is InChI=1S/C21H17Cl2N3O5S/c1-32(30,31)25(17-4-2-3-16(22)11-17)13-14-5-7-15(8-6-14)21(27)24-20-12-18(26(28)29)9-10-19(20)23/h2-12H,13H2,1H3,(H,24,27). The summed E-state index contributed by atoms with van der Waals surface area (Å²) in [5.41, 5.74) is 1.23. The van der Waals surface area contributed by atoms with E-state index in [0.717, 1.165) is 6.26 Å². The zero-order chi connectivity index (χ0) is 23.5. The maximum Gasteiger partial charge on any atom is 0.271 e. The van der Waals surface area contributed by atoms with Crippen molar-refractivity contribution in [2.45, 2.75) is 6.54 Å². The molecule has 0 unspecified atom stereocenters. The minimum atomic E-state index is -3.59. The van der Waals surface area contributed by atoms with Crippen LogP contribution in [-0.4, -0.2) is 25.5 Å². The lowest BCUT2D eigenvalue weighted by Crippen LogP contribution is -2.29. The molecule has 32 heavy (non-hydrogen) atoms. The summed E-state index contributed by atoms with van der Waals surface area (Å²) in [5, 5.41) is 14.0. The molecule has 0 aliphatic rings. The molecule has 0 bridgehead atoms. The SMILES string of the molecule is CS(=O)(=O)N(Cc1ccc(C(=O)Nc2cc([N+](=O)[O-])ccc2Cl)cc1)c1cccc(Cl)c1. The number of benzene rings is 3. The number of nitro benzene ring substituents is 1. The first kappa shape index (κ1) is 23.5. The van der Waals surface area contributed by atoms with Crippen LogP contribution in [0.1, 0.15) is 15.9 Å². The minimum Gasteiger partial charge on any atom is -0.320 e. The number of anilines is 2. The number of carbonyl (C=O) groups excluding carboxylic acids is 1. The fourth-order valence-electron chi connectivity index (χ4n) is 2.88. The number of sulfonamides is 1. The summed E-state index contributed by atoms with van der Waals surface area (Å²) in [4.78, 5) is 22.9. The molecule has 0 saturated carbocycles. The highest BCUT2D eigenvalue weighted by Gasteiger charge is 2.19. The second-order valence-corrected chi connectivity index (χ2v) is 9.57. The van der Waals surface area contributed by atoms with Gasteiger partial charge in [-0.25, -0.2) is 8.42 Å². The summed E-state index contributed by atoms with van der Waals surface area (Å²) in [6.07, 6.45) is 1.10. The summed E-state index contributed by atoms with van der Waals surface area (Å²) in [6.45, 7) is 0.0395. The van der Waals surface area contributed by atoms with E-state index < -0.39 is 20.9 Å². The molecule has 0 atom stereocenters. The molecule has 0 heterocycles. The van der Waals surface area contributed by atoms with Crippen molar-refractivity contribution in [2.24, 2.45) is 0 Å². The highest BCUT2D eigenvalue weighted by Crippen LogP contribution is 2.27. The van der Waals surface area contributed by atoms with Crippen LogP contribution in [0.2, 0.25) is 10.0 Å². The van der Waals surface area contributed by atoms with Crippen molar-refractivity contribution in [2.75, 3.05) is 15.9 Å². The summed E-state index contributed by atoms with van der Waals surface area (Å²) in [6, 6.07) is 16.5. The van der Waals surface area contributed by atoms with Gasteiger partial charge in [0.25, 0.3) is 11.6 Å². The molecule has 166 valence electrons. The van der Waals surface area contributed by atoms with Gasteiger partial charge in [0.1, 0.15) is 0 Å². The van der Waals surface area contributed by atoms with E-state index in [1.54, 1.807) is 36.4 Å². The Hall–Kier alpha value is -3.14. The Labute approximate surface area is 194 Å². The number of non-ortho nitro benzene ring substituents is 1. The van der Waals surface area contributed by atoms with Gasteiger partial charge in [-0.3, -0.25) is 19.2 Å². The van der Waals surface area contributed by atoms with Gasteiger partial charge in [-0.2, -0.15) is 0 Å². The summed E-state index contributed by atoms with van der Waals surface area (Å²) < 4.78 is 25.8. The number of nitrogens with one attached hydrogen (secondary N) is 1. The van der Waals surface area contributed by atoms with Gasteiger partial charge in [0, 0.05) is 22.7 Å². The maximum atomic E-state index is 12.5. The number of hydrogen-bond donors (Lipinski definition) is 1. The van der Waals surface area contributed by atoms with Crippen molar-refractivity contribution < 1.29 is 18.1 Å². The Morgan fingerprint density at radius 2 is 1.75 bits per heavy atom. The normalized spacial score (nSPS) is 11.1. The molecule has 3 aromatic rings. The first-order valence-corrected chi connectivity index (χ1v) is 11.7. The van der Waals surface area contributed by atoms with Gasteiger partial charge >= 0.3 is 0 Å². The fourth-order valence-corrected chi connectivity index (χ4v) is 4.11. The van der Waals surface area contributed by atoms with Crippen LogP contribution in [-0.2, 0) is 16.6 Å². The highest BCUT2D eigenvalue weighted by atomic mass is 35.5. The average Bonchev–Trinajstić information content (AvgIpc) is 2.73. The van der Waals surface area contributed by atoms with E-state index in [-0.39, 0.29) is 28.5 Å². The van der Waals surface area contributed by atoms with Crippen LogP contribution in [0.4, 0.5) is 17.1 Å². The molecule has 1 N–H and O–H groups in total. The van der Waals surface area contributed by atoms with E-state index in [1.165, 1.54) is 34.6 Å². The summed E-state index contributed by atoms with van der Waals surface area (Å²) in [7, 11) is -3.59. The van der Waals surface area contributed by atoms with Crippen molar-refractivity contribution in [3.05, 3.63) is 98.0 Å². The molecule has 0 fully saturated rings. The van der Waals surface area contributed by atoms with Gasteiger partial charge in [0.05, 0.1) is 34.1 Å². The van der Waals surface area contributed by atoms with Crippen LogP contribution in [0, 0.1) is 10.1 Å². The smallest absolute Gasteiger partial charge is 0.271 e. The minimum absolute atomic E-state index is 0.0395. The quantitative estimate of drug-likeness (QED) is 0.362. The largest absolute Gasteiger partial charge is 0.320 e. The van der Waals surface area contributed by atoms with E-state index in [1.807, 2.05) is 0 Å². The number of rotatable bonds is 7. The molecule has 3 rings (SSSR count). The number of amides is 1. The molecule has 11 heteroatoms. The zero-order valence-corrected chi connectivity index (χ0v) is 19.0. The summed E-state index contributed by atoms with van der Waals surface area (Å²) >= 11 is 12.0. The molecule has 0 saturated heterocycles. The fraction of sp³-hybridized carbons (Fsp3) is 0.0952. The van der Waals surface area contributed by atoms with Gasteiger partial charge in [-0.15, -0.1) is 0 Å². The molecule has 8 nitrogen and oxygen atoms in total. The second kappa shape index (κ2) is 9.56. The van der Waals surface area contributed by atoms with Gasteiger partial charge in [0.15, 0.2) is 0 Å². The molecule has 0 spiro atoms. The van der Waals surface area contributed by atoms with Crippen molar-refractivity contribution in [1.29, 1.82) is 0 Å². The monoisotopic (exact) mass is 493 g/mol. The van der Waals surface area contributed by atoms with Crippen molar-refractivity contribution in [3.8, 4) is 0 Å². The molecular weight excluding hydrogens is 477 g/mol. The molecule has 0 radical (unpaired) electrons. The number of halogens is 2. The topological polar surface area (TPSA) is 110 Å². The Bertz CT molecular complexity index is 1280. The van der Waals surface area contributed by atoms with Crippen LogP contribution < -0.4 is 9.62 Å². The molecule has 0 aromatic heterocycles. The number of nitro groups is 1. The van der Waals surface area contributed by atoms with Crippen LogP contribution in [0.25, 0.3) is 0 Å². The zero-order valence-electron chi connectivity index (χ0n) is 16.7. The predicted molar refractivity (Wildman–Crippen MR) is 125 cm³/mol. The molecular formula is C21H17Cl2N3O5S. The van der Waals surface area contributed by atoms with Crippen LogP contribution >= 0.6 is 23.2 Å². The number of nitrogens with zero attached hydrogens (tertiary/aromatic N) is 2. The number of carbonyl (C=O) groups is 1. The Balaban J connectivity index is 1.79. The first-order valence-electron chi connectivity index (χ1n) is 9.12. The Kier molecular flexibility index (Phi) is 7.02. The average molecular weight is 494 g/mol. The van der Waals surface area contributed by atoms with Gasteiger partial charge < -0.3 is 5.32 Å². The molecule has 1 amide bonds. The maximum absolute atomic E-state index is 12.5. The second-order valence-electron chi connectivity index (χ2n) is 6.82. The van der Waals surface area contributed by atoms with E-state index in [2.05, 4.69) is 5.32 Å².